The number of nitrogens with zero attached hydrogens (tertiary/aromatic N) is 1. The first-order chi connectivity index (χ1) is 6.38. The zero-order chi connectivity index (χ0) is 9.10. The second-order valence-electron chi connectivity index (χ2n) is 4.01. The average molecular weight is 182 g/mol. The van der Waals surface area contributed by atoms with Gasteiger partial charge in [-0.3, -0.25) is 10.1 Å². The fraction of sp³-hybridized carbons (Fsp3) is 0.900. The van der Waals surface area contributed by atoms with Gasteiger partial charge in [-0.05, 0) is 32.2 Å². The van der Waals surface area contributed by atoms with Gasteiger partial charge in [0.2, 0.25) is 5.91 Å². The molecule has 2 rings (SSSR count). The smallest absolute Gasteiger partial charge is 0.223 e. The normalized spacial score (nSPS) is 30.6. The summed E-state index contributed by atoms with van der Waals surface area (Å²) in [5.41, 5.74) is 0. The van der Waals surface area contributed by atoms with Crippen molar-refractivity contribution in [3.05, 3.63) is 0 Å². The lowest BCUT2D eigenvalue weighted by atomic mass is 10.2. The standard InChI is InChI=1S/C10H18N2O/c13-10-6-2-1-3-8-12(10)9-5-4-7-11-9/h9,11H,1-8H2. The fourth-order valence-corrected chi connectivity index (χ4v) is 2.27. The maximum Gasteiger partial charge on any atom is 0.223 e. The lowest BCUT2D eigenvalue weighted by molar-refractivity contribution is -0.133. The third-order valence-electron chi connectivity index (χ3n) is 3.02. The van der Waals surface area contributed by atoms with E-state index in [4.69, 9.17) is 0 Å². The van der Waals surface area contributed by atoms with E-state index in [1.54, 1.807) is 0 Å². The summed E-state index contributed by atoms with van der Waals surface area (Å²) in [5, 5.41) is 3.39. The minimum atomic E-state index is 0.352. The van der Waals surface area contributed by atoms with Crippen LogP contribution in [0.1, 0.15) is 38.5 Å². The molecule has 1 atom stereocenters. The maximum absolute atomic E-state index is 11.7. The van der Waals surface area contributed by atoms with Gasteiger partial charge in [-0.15, -0.1) is 0 Å². The molecule has 13 heavy (non-hydrogen) atoms. The van der Waals surface area contributed by atoms with E-state index in [0.29, 0.717) is 12.1 Å². The molecule has 2 fully saturated rings. The molecule has 0 bridgehead atoms. The second kappa shape index (κ2) is 4.09. The van der Waals surface area contributed by atoms with E-state index in [0.717, 1.165) is 32.4 Å². The number of rotatable bonds is 1. The van der Waals surface area contributed by atoms with E-state index in [1.807, 2.05) is 0 Å². The van der Waals surface area contributed by atoms with Gasteiger partial charge in [-0.1, -0.05) is 6.42 Å². The molecule has 0 saturated carbocycles. The average Bonchev–Trinajstić information content (AvgIpc) is 2.56. The van der Waals surface area contributed by atoms with Crippen LogP contribution in [-0.4, -0.2) is 30.1 Å². The Kier molecular flexibility index (Phi) is 2.83. The molecule has 2 aliphatic rings. The summed E-state index contributed by atoms with van der Waals surface area (Å²) < 4.78 is 0. The van der Waals surface area contributed by atoms with Crippen molar-refractivity contribution in [3.8, 4) is 0 Å². The minimum absolute atomic E-state index is 0.352. The zero-order valence-corrected chi connectivity index (χ0v) is 8.09. The molecule has 3 heteroatoms. The van der Waals surface area contributed by atoms with Crippen LogP contribution in [0.5, 0.6) is 0 Å². The van der Waals surface area contributed by atoms with E-state index in [2.05, 4.69) is 10.2 Å². The topological polar surface area (TPSA) is 32.3 Å². The number of amides is 1. The number of carbonyl (C=O) groups is 1. The third kappa shape index (κ3) is 2.02. The Morgan fingerprint density at radius 1 is 1.23 bits per heavy atom. The molecule has 0 aromatic heterocycles. The van der Waals surface area contributed by atoms with Gasteiger partial charge in [0.05, 0.1) is 6.17 Å². The van der Waals surface area contributed by atoms with E-state index in [-0.39, 0.29) is 0 Å². The van der Waals surface area contributed by atoms with Crippen molar-refractivity contribution in [1.29, 1.82) is 0 Å². The minimum Gasteiger partial charge on any atom is -0.327 e. The molecule has 1 N–H and O–H groups in total. The summed E-state index contributed by atoms with van der Waals surface area (Å²) in [6.45, 7) is 2.05. The van der Waals surface area contributed by atoms with E-state index < -0.39 is 0 Å². The molecule has 1 unspecified atom stereocenters. The quantitative estimate of drug-likeness (QED) is 0.658. The summed E-state index contributed by atoms with van der Waals surface area (Å²) in [5.74, 6) is 0.358. The summed E-state index contributed by atoms with van der Waals surface area (Å²) in [6.07, 6.45) is 6.96. The van der Waals surface area contributed by atoms with Crippen molar-refractivity contribution >= 4 is 5.91 Å². The first kappa shape index (κ1) is 9.00. The van der Waals surface area contributed by atoms with Crippen molar-refractivity contribution in [2.75, 3.05) is 13.1 Å². The monoisotopic (exact) mass is 182 g/mol. The van der Waals surface area contributed by atoms with Gasteiger partial charge in [0.25, 0.3) is 0 Å². The molecule has 2 aliphatic heterocycles. The molecule has 2 saturated heterocycles. The highest BCUT2D eigenvalue weighted by molar-refractivity contribution is 5.76. The van der Waals surface area contributed by atoms with E-state index >= 15 is 0 Å². The molecule has 2 heterocycles. The Morgan fingerprint density at radius 3 is 2.92 bits per heavy atom. The van der Waals surface area contributed by atoms with E-state index in [1.165, 1.54) is 19.3 Å². The number of hydrogen-bond acceptors (Lipinski definition) is 2. The first-order valence-electron chi connectivity index (χ1n) is 5.41. The van der Waals surface area contributed by atoms with Crippen LogP contribution in [-0.2, 0) is 4.79 Å². The number of hydrogen-bond donors (Lipinski definition) is 1. The van der Waals surface area contributed by atoms with Gasteiger partial charge in [-0.25, -0.2) is 0 Å². The van der Waals surface area contributed by atoms with Crippen molar-refractivity contribution in [3.63, 3.8) is 0 Å². The Balaban J connectivity index is 1.97. The first-order valence-corrected chi connectivity index (χ1v) is 5.41. The van der Waals surface area contributed by atoms with E-state index in [9.17, 15) is 4.79 Å². The number of nitrogens with one attached hydrogen (secondary N) is 1. The van der Waals surface area contributed by atoms with Gasteiger partial charge in [0, 0.05) is 13.0 Å². The molecule has 0 radical (unpaired) electrons. The molecule has 0 aliphatic carbocycles. The van der Waals surface area contributed by atoms with Crippen LogP contribution in [0.25, 0.3) is 0 Å². The highest BCUT2D eigenvalue weighted by atomic mass is 16.2. The largest absolute Gasteiger partial charge is 0.327 e. The van der Waals surface area contributed by atoms with Crippen LogP contribution < -0.4 is 5.32 Å². The number of likely N-dealkylation sites (tertiary alicyclic amines) is 1. The highest BCUT2D eigenvalue weighted by Crippen LogP contribution is 2.17. The van der Waals surface area contributed by atoms with Crippen molar-refractivity contribution in [2.24, 2.45) is 0 Å². The van der Waals surface area contributed by atoms with Crippen LogP contribution in [0.3, 0.4) is 0 Å². The van der Waals surface area contributed by atoms with Gasteiger partial charge in [-0.2, -0.15) is 0 Å². The van der Waals surface area contributed by atoms with Gasteiger partial charge in [0.15, 0.2) is 0 Å². The Bertz CT molecular complexity index is 187. The summed E-state index contributed by atoms with van der Waals surface area (Å²) in [7, 11) is 0. The van der Waals surface area contributed by atoms with Crippen LogP contribution in [0.15, 0.2) is 0 Å². The molecule has 0 aromatic rings. The second-order valence-corrected chi connectivity index (χ2v) is 4.01. The molecule has 1 amide bonds. The van der Waals surface area contributed by atoms with Gasteiger partial charge < -0.3 is 4.90 Å². The predicted octanol–water partition coefficient (Wildman–Crippen LogP) is 1.10. The lowest BCUT2D eigenvalue weighted by Gasteiger charge is -2.27. The van der Waals surface area contributed by atoms with Crippen LogP contribution in [0.4, 0.5) is 0 Å². The van der Waals surface area contributed by atoms with Crippen molar-refractivity contribution < 1.29 is 4.79 Å². The molecule has 3 nitrogen and oxygen atoms in total. The fourth-order valence-electron chi connectivity index (χ4n) is 2.27. The van der Waals surface area contributed by atoms with Crippen molar-refractivity contribution in [2.45, 2.75) is 44.7 Å². The predicted molar refractivity (Wildman–Crippen MR) is 51.2 cm³/mol. The maximum atomic E-state index is 11.7. The third-order valence-corrected chi connectivity index (χ3v) is 3.02. The Morgan fingerprint density at radius 2 is 2.15 bits per heavy atom. The van der Waals surface area contributed by atoms with Crippen LogP contribution >= 0.6 is 0 Å². The summed E-state index contributed by atoms with van der Waals surface area (Å²) in [6, 6.07) is 0. The molecule has 0 spiro atoms. The molecular formula is C10H18N2O. The molecule has 74 valence electrons. The van der Waals surface area contributed by atoms with Crippen molar-refractivity contribution in [1.82, 2.24) is 10.2 Å². The number of carbonyl (C=O) groups excluding carboxylic acids is 1. The highest BCUT2D eigenvalue weighted by Gasteiger charge is 2.26. The summed E-state index contributed by atoms with van der Waals surface area (Å²) in [4.78, 5) is 13.7. The SMILES string of the molecule is O=C1CCCCCN1C1CCCN1. The zero-order valence-electron chi connectivity index (χ0n) is 8.09. The lowest BCUT2D eigenvalue weighted by Crippen LogP contribution is -2.45. The Labute approximate surface area is 79.5 Å². The molecule has 0 aromatic carbocycles. The summed E-state index contributed by atoms with van der Waals surface area (Å²) >= 11 is 0. The van der Waals surface area contributed by atoms with Gasteiger partial charge >= 0.3 is 0 Å². The van der Waals surface area contributed by atoms with Crippen LogP contribution in [0.2, 0.25) is 0 Å². The van der Waals surface area contributed by atoms with Gasteiger partial charge in [0.1, 0.15) is 0 Å². The molecular weight excluding hydrogens is 164 g/mol. The Hall–Kier alpha value is -0.570. The van der Waals surface area contributed by atoms with Crippen LogP contribution in [0, 0.1) is 0 Å².